The van der Waals surface area contributed by atoms with E-state index >= 15 is 0 Å². The number of anilines is 1. The zero-order valence-electron chi connectivity index (χ0n) is 20.9. The average molecular weight is 532 g/mol. The Morgan fingerprint density at radius 2 is 1.86 bits per heavy atom. The van der Waals surface area contributed by atoms with Gasteiger partial charge >= 0.3 is 13.3 Å². The number of unbranched alkanes of at least 4 members (excludes halogenated alkanes) is 1. The number of pyridine rings is 1. The van der Waals surface area contributed by atoms with Gasteiger partial charge in [-0.05, 0) is 86.1 Å². The highest BCUT2D eigenvalue weighted by Crippen LogP contribution is 2.55. The van der Waals surface area contributed by atoms with Crippen molar-refractivity contribution in [2.75, 3.05) is 11.9 Å². The lowest BCUT2D eigenvalue weighted by Crippen LogP contribution is -2.25. The maximum atomic E-state index is 13.3. The standard InChI is InChI=1S/C27H32F2N3O4P/c1-17-5-10-22-23-15-19(16-31-25(23)26(30)32-24(22)13-17)6-7-20-8-9-21(14-18(20)2)36-12-4-3-11-27(28,29)37(33,34)35/h5,8-10,13-16,26,32H,3-4,6-7,11-12,30H2,1-2H3,(H2,33,34,35). The van der Waals surface area contributed by atoms with Crippen LogP contribution in [0.4, 0.5) is 14.5 Å². The molecule has 0 radical (unpaired) electrons. The molecule has 1 aromatic heterocycles. The Bertz CT molecular complexity index is 1330. The molecule has 0 bridgehead atoms. The fourth-order valence-corrected chi connectivity index (χ4v) is 4.91. The molecule has 5 N–H and O–H groups in total. The highest BCUT2D eigenvalue weighted by molar-refractivity contribution is 7.53. The van der Waals surface area contributed by atoms with Crippen molar-refractivity contribution in [1.29, 1.82) is 0 Å². The van der Waals surface area contributed by atoms with Crippen molar-refractivity contribution in [3.63, 3.8) is 0 Å². The van der Waals surface area contributed by atoms with Crippen molar-refractivity contribution in [1.82, 2.24) is 4.98 Å². The quantitative estimate of drug-likeness (QED) is 0.191. The summed E-state index contributed by atoms with van der Waals surface area (Å²) >= 11 is 0. The molecule has 0 aliphatic carbocycles. The molecule has 1 atom stereocenters. The number of nitrogens with two attached hydrogens (primary N) is 1. The van der Waals surface area contributed by atoms with E-state index in [1.54, 1.807) is 0 Å². The van der Waals surface area contributed by atoms with E-state index in [-0.39, 0.29) is 25.6 Å². The Labute approximate surface area is 215 Å². The van der Waals surface area contributed by atoms with E-state index in [0.29, 0.717) is 5.75 Å². The van der Waals surface area contributed by atoms with E-state index in [1.165, 1.54) is 5.56 Å². The van der Waals surface area contributed by atoms with Crippen LogP contribution in [0.3, 0.4) is 0 Å². The molecule has 2 aromatic carbocycles. The largest absolute Gasteiger partial charge is 0.494 e. The average Bonchev–Trinajstić information content (AvgIpc) is 2.82. The molecule has 1 unspecified atom stereocenters. The summed E-state index contributed by atoms with van der Waals surface area (Å²) in [7, 11) is -5.43. The lowest BCUT2D eigenvalue weighted by atomic mass is 9.93. The number of aryl methyl sites for hydroxylation is 4. The van der Waals surface area contributed by atoms with Crippen LogP contribution in [0.2, 0.25) is 0 Å². The van der Waals surface area contributed by atoms with Gasteiger partial charge < -0.3 is 25.6 Å². The summed E-state index contributed by atoms with van der Waals surface area (Å²) in [5.41, 5.74) is 10.8. The minimum absolute atomic E-state index is 0.0466. The number of benzene rings is 2. The first-order valence-electron chi connectivity index (χ1n) is 12.2. The zero-order chi connectivity index (χ0) is 26.8. The maximum absolute atomic E-state index is 13.3. The van der Waals surface area contributed by atoms with Gasteiger partial charge in [-0.25, -0.2) is 0 Å². The topological polar surface area (TPSA) is 118 Å². The van der Waals surface area contributed by atoms with Gasteiger partial charge in [-0.3, -0.25) is 9.55 Å². The van der Waals surface area contributed by atoms with Crippen LogP contribution >= 0.6 is 7.60 Å². The highest BCUT2D eigenvalue weighted by atomic mass is 31.2. The highest BCUT2D eigenvalue weighted by Gasteiger charge is 2.47. The molecule has 0 amide bonds. The fraction of sp³-hybridized carbons (Fsp3) is 0.370. The van der Waals surface area contributed by atoms with Gasteiger partial charge in [0.25, 0.3) is 0 Å². The predicted octanol–water partition coefficient (Wildman–Crippen LogP) is 5.85. The van der Waals surface area contributed by atoms with Crippen molar-refractivity contribution in [2.24, 2.45) is 5.73 Å². The van der Waals surface area contributed by atoms with Gasteiger partial charge in [0.1, 0.15) is 11.9 Å². The molecule has 1 aliphatic heterocycles. The van der Waals surface area contributed by atoms with E-state index in [1.807, 2.05) is 38.2 Å². The van der Waals surface area contributed by atoms with Crippen molar-refractivity contribution >= 4 is 13.3 Å². The van der Waals surface area contributed by atoms with E-state index in [9.17, 15) is 13.3 Å². The summed E-state index contributed by atoms with van der Waals surface area (Å²) < 4.78 is 43.1. The second kappa shape index (κ2) is 10.9. The first-order valence-corrected chi connectivity index (χ1v) is 13.8. The minimum atomic E-state index is -5.43. The van der Waals surface area contributed by atoms with Crippen LogP contribution in [-0.2, 0) is 17.4 Å². The Morgan fingerprint density at radius 1 is 1.08 bits per heavy atom. The van der Waals surface area contributed by atoms with Gasteiger partial charge in [0.2, 0.25) is 0 Å². The number of halogens is 2. The van der Waals surface area contributed by atoms with Gasteiger partial charge in [-0.2, -0.15) is 8.78 Å². The monoisotopic (exact) mass is 531 g/mol. The van der Waals surface area contributed by atoms with Gasteiger partial charge in [0.15, 0.2) is 0 Å². The smallest absolute Gasteiger partial charge is 0.394 e. The summed E-state index contributed by atoms with van der Waals surface area (Å²) in [6, 6.07) is 14.2. The summed E-state index contributed by atoms with van der Waals surface area (Å²) in [6.07, 6.45) is 2.49. The zero-order valence-corrected chi connectivity index (χ0v) is 21.8. The molecule has 7 nitrogen and oxygen atoms in total. The molecular weight excluding hydrogens is 499 g/mol. The first kappa shape index (κ1) is 27.2. The van der Waals surface area contributed by atoms with Crippen LogP contribution in [0, 0.1) is 13.8 Å². The Hall–Kier alpha value is -2.84. The van der Waals surface area contributed by atoms with Crippen molar-refractivity contribution < 1.29 is 27.9 Å². The van der Waals surface area contributed by atoms with Crippen molar-refractivity contribution in [3.05, 3.63) is 76.6 Å². The molecule has 0 spiro atoms. The summed E-state index contributed by atoms with van der Waals surface area (Å²) in [5, 5.41) is 3.32. The van der Waals surface area contributed by atoms with E-state index in [0.717, 1.165) is 52.0 Å². The lowest BCUT2D eigenvalue weighted by Gasteiger charge is -2.27. The van der Waals surface area contributed by atoms with Crippen LogP contribution in [0.15, 0.2) is 48.7 Å². The normalized spacial score (nSPS) is 15.1. The van der Waals surface area contributed by atoms with E-state index in [2.05, 4.69) is 34.6 Å². The number of aromatic nitrogens is 1. The molecule has 3 aromatic rings. The Morgan fingerprint density at radius 3 is 2.59 bits per heavy atom. The number of rotatable bonds is 10. The molecule has 2 heterocycles. The number of nitrogens with zero attached hydrogens (tertiary/aromatic N) is 1. The predicted molar refractivity (Wildman–Crippen MR) is 140 cm³/mol. The van der Waals surface area contributed by atoms with Crippen LogP contribution < -0.4 is 15.8 Å². The Balaban J connectivity index is 1.33. The van der Waals surface area contributed by atoms with E-state index in [4.69, 9.17) is 20.3 Å². The SMILES string of the molecule is Cc1ccc2c(c1)NC(N)c1ncc(CCc3ccc(OCCCCC(F)(F)P(=O)(O)O)cc3C)cc1-2. The summed E-state index contributed by atoms with van der Waals surface area (Å²) in [6.45, 7) is 4.24. The number of alkyl halides is 2. The van der Waals surface area contributed by atoms with Crippen LogP contribution in [0.5, 0.6) is 5.75 Å². The third-order valence-corrected chi connectivity index (χ3v) is 7.69. The molecule has 0 saturated heterocycles. The molecule has 0 saturated carbocycles. The third kappa shape index (κ3) is 6.36. The molecule has 10 heteroatoms. The van der Waals surface area contributed by atoms with Crippen LogP contribution in [0.1, 0.15) is 53.4 Å². The maximum Gasteiger partial charge on any atom is 0.394 e. The number of hydrogen-bond donors (Lipinski definition) is 4. The Kier molecular flexibility index (Phi) is 7.99. The molecule has 37 heavy (non-hydrogen) atoms. The second-order valence-electron chi connectivity index (χ2n) is 9.55. The summed E-state index contributed by atoms with van der Waals surface area (Å²) in [4.78, 5) is 22.0. The molecule has 0 fully saturated rings. The molecule has 4 rings (SSSR count). The molecular formula is C27H32F2N3O4P. The van der Waals surface area contributed by atoms with Crippen molar-refractivity contribution in [3.8, 4) is 16.9 Å². The van der Waals surface area contributed by atoms with Gasteiger partial charge in [0.05, 0.1) is 12.3 Å². The number of ether oxygens (including phenoxy) is 1. The lowest BCUT2D eigenvalue weighted by molar-refractivity contribution is 0.0468. The second-order valence-corrected chi connectivity index (χ2v) is 11.3. The fourth-order valence-electron chi connectivity index (χ4n) is 4.46. The number of nitrogens with one attached hydrogen (secondary N) is 1. The number of hydrogen-bond acceptors (Lipinski definition) is 5. The summed E-state index contributed by atoms with van der Waals surface area (Å²) in [5.74, 6) is 0.631. The van der Waals surface area contributed by atoms with Crippen LogP contribution in [-0.4, -0.2) is 27.0 Å². The van der Waals surface area contributed by atoms with Crippen LogP contribution in [0.25, 0.3) is 11.1 Å². The van der Waals surface area contributed by atoms with Crippen molar-refractivity contribution in [2.45, 2.75) is 57.8 Å². The van der Waals surface area contributed by atoms with E-state index < -0.39 is 19.7 Å². The minimum Gasteiger partial charge on any atom is -0.494 e. The molecule has 1 aliphatic rings. The molecule has 198 valence electrons. The van der Waals surface area contributed by atoms with Gasteiger partial charge in [-0.1, -0.05) is 18.2 Å². The third-order valence-electron chi connectivity index (χ3n) is 6.61. The van der Waals surface area contributed by atoms with Gasteiger partial charge in [-0.15, -0.1) is 0 Å². The first-order chi connectivity index (χ1) is 17.4. The van der Waals surface area contributed by atoms with Gasteiger partial charge in [0, 0.05) is 29.4 Å². The number of fused-ring (bicyclic) bond motifs is 3.